The zero-order valence-corrected chi connectivity index (χ0v) is 20.6. The summed E-state index contributed by atoms with van der Waals surface area (Å²) >= 11 is 6.46. The topological polar surface area (TPSA) is 84.9 Å². The predicted octanol–water partition coefficient (Wildman–Crippen LogP) is 6.34. The lowest BCUT2D eigenvalue weighted by atomic mass is 9.85. The molecule has 0 saturated carbocycles. The molecule has 1 unspecified atom stereocenters. The van der Waals surface area contributed by atoms with Crippen LogP contribution in [-0.4, -0.2) is 29.3 Å². The molecule has 36 heavy (non-hydrogen) atoms. The van der Waals surface area contributed by atoms with Crippen LogP contribution in [0, 0.1) is 11.6 Å². The third-order valence-corrected chi connectivity index (χ3v) is 6.09. The van der Waals surface area contributed by atoms with Crippen LogP contribution in [0.1, 0.15) is 42.3 Å². The maximum absolute atomic E-state index is 15.1. The monoisotopic (exact) mass is 515 g/mol. The number of carbonyl (C=O) groups excluding carboxylic acids is 1. The van der Waals surface area contributed by atoms with Gasteiger partial charge in [-0.2, -0.15) is 0 Å². The smallest absolute Gasteiger partial charge is 0.407 e. The summed E-state index contributed by atoms with van der Waals surface area (Å²) in [5, 5.41) is 12.4. The third kappa shape index (κ3) is 4.86. The second-order valence-electron chi connectivity index (χ2n) is 9.48. The second kappa shape index (κ2) is 9.43. The van der Waals surface area contributed by atoms with E-state index in [9.17, 15) is 19.1 Å². The van der Waals surface area contributed by atoms with Crippen molar-refractivity contribution >= 4 is 23.7 Å². The Bertz CT molecular complexity index is 1340. The number of halogens is 3. The summed E-state index contributed by atoms with van der Waals surface area (Å²) in [4.78, 5) is 24.3. The highest BCUT2D eigenvalue weighted by Crippen LogP contribution is 2.49. The van der Waals surface area contributed by atoms with Gasteiger partial charge in [-0.25, -0.2) is 18.4 Å². The SMILES string of the molecule is CC(C)(C)OC(=O)NCC1(c2ccccc2)Cc2c(ccc(Cl)c2-c2c(C(=O)O)ccc(F)c2F)O1. The van der Waals surface area contributed by atoms with Crippen molar-refractivity contribution in [1.29, 1.82) is 0 Å². The van der Waals surface area contributed by atoms with E-state index >= 15 is 4.39 Å². The van der Waals surface area contributed by atoms with Crippen molar-refractivity contribution in [3.8, 4) is 16.9 Å². The fraction of sp³-hybridized carbons (Fsp3) is 0.259. The highest BCUT2D eigenvalue weighted by atomic mass is 35.5. The van der Waals surface area contributed by atoms with Gasteiger partial charge >= 0.3 is 12.1 Å². The van der Waals surface area contributed by atoms with Crippen LogP contribution in [0.25, 0.3) is 11.1 Å². The number of hydrogen-bond acceptors (Lipinski definition) is 4. The highest BCUT2D eigenvalue weighted by molar-refractivity contribution is 6.34. The highest BCUT2D eigenvalue weighted by Gasteiger charge is 2.44. The van der Waals surface area contributed by atoms with Gasteiger partial charge in [-0.1, -0.05) is 41.9 Å². The van der Waals surface area contributed by atoms with Crippen molar-refractivity contribution in [3.63, 3.8) is 0 Å². The Balaban J connectivity index is 1.83. The maximum Gasteiger partial charge on any atom is 0.407 e. The Labute approximate surface area is 211 Å². The molecule has 1 aliphatic heterocycles. The largest absolute Gasteiger partial charge is 0.480 e. The Morgan fingerprint density at radius 3 is 2.42 bits per heavy atom. The summed E-state index contributed by atoms with van der Waals surface area (Å²) < 4.78 is 41.0. The van der Waals surface area contributed by atoms with Gasteiger partial charge < -0.3 is 19.9 Å². The summed E-state index contributed by atoms with van der Waals surface area (Å²) in [7, 11) is 0. The number of hydrogen-bond donors (Lipinski definition) is 2. The van der Waals surface area contributed by atoms with Crippen LogP contribution in [0.15, 0.2) is 54.6 Å². The Kier molecular flexibility index (Phi) is 6.66. The fourth-order valence-electron chi connectivity index (χ4n) is 4.28. The minimum Gasteiger partial charge on any atom is -0.480 e. The summed E-state index contributed by atoms with van der Waals surface area (Å²) in [6, 6.07) is 13.8. The Hall–Kier alpha value is -3.65. The first-order chi connectivity index (χ1) is 16.9. The molecule has 2 N–H and O–H groups in total. The van der Waals surface area contributed by atoms with Crippen LogP contribution in [-0.2, 0) is 16.8 Å². The van der Waals surface area contributed by atoms with Crippen LogP contribution in [0.4, 0.5) is 13.6 Å². The first-order valence-corrected chi connectivity index (χ1v) is 11.5. The molecule has 0 aliphatic carbocycles. The van der Waals surface area contributed by atoms with E-state index in [-0.39, 0.29) is 23.6 Å². The van der Waals surface area contributed by atoms with Gasteiger partial charge in [0.15, 0.2) is 17.2 Å². The predicted molar refractivity (Wildman–Crippen MR) is 130 cm³/mol. The van der Waals surface area contributed by atoms with E-state index in [4.69, 9.17) is 21.1 Å². The maximum atomic E-state index is 15.1. The van der Waals surface area contributed by atoms with Crippen molar-refractivity contribution in [2.75, 3.05) is 6.54 Å². The Morgan fingerprint density at radius 1 is 1.08 bits per heavy atom. The molecule has 0 saturated heterocycles. The van der Waals surface area contributed by atoms with E-state index < -0.39 is 46.0 Å². The number of ether oxygens (including phenoxy) is 2. The molecule has 1 atom stereocenters. The molecule has 0 spiro atoms. The van der Waals surface area contributed by atoms with Crippen LogP contribution < -0.4 is 10.1 Å². The summed E-state index contributed by atoms with van der Waals surface area (Å²) in [5.74, 6) is -3.65. The molecule has 1 aliphatic rings. The lowest BCUT2D eigenvalue weighted by Crippen LogP contribution is -2.45. The van der Waals surface area contributed by atoms with Crippen LogP contribution in [0.3, 0.4) is 0 Å². The number of amides is 1. The molecular formula is C27H24ClF2NO5. The van der Waals surface area contributed by atoms with Gasteiger partial charge in [-0.05, 0) is 50.6 Å². The molecular weight excluding hydrogens is 492 g/mol. The van der Waals surface area contributed by atoms with Crippen LogP contribution in [0.2, 0.25) is 5.02 Å². The number of benzene rings is 3. The number of fused-ring (bicyclic) bond motifs is 1. The number of nitrogens with one attached hydrogen (secondary N) is 1. The minimum atomic E-state index is -1.43. The van der Waals surface area contributed by atoms with Crippen molar-refractivity contribution < 1.29 is 33.0 Å². The number of carbonyl (C=O) groups is 2. The van der Waals surface area contributed by atoms with E-state index in [0.717, 1.165) is 12.1 Å². The van der Waals surface area contributed by atoms with Gasteiger partial charge in [0, 0.05) is 28.1 Å². The first-order valence-electron chi connectivity index (χ1n) is 11.2. The van der Waals surface area contributed by atoms with E-state index in [1.807, 2.05) is 18.2 Å². The summed E-state index contributed by atoms with van der Waals surface area (Å²) in [5.41, 5.74) is -1.63. The lowest BCUT2D eigenvalue weighted by molar-refractivity contribution is 0.0414. The molecule has 1 amide bonds. The van der Waals surface area contributed by atoms with Gasteiger partial charge in [0.25, 0.3) is 0 Å². The zero-order chi connectivity index (χ0) is 26.3. The van der Waals surface area contributed by atoms with Gasteiger partial charge in [0.1, 0.15) is 11.4 Å². The average Bonchev–Trinajstić information content (AvgIpc) is 3.19. The summed E-state index contributed by atoms with van der Waals surface area (Å²) in [6.07, 6.45) is -0.562. The van der Waals surface area contributed by atoms with Gasteiger partial charge in [0.2, 0.25) is 0 Å². The molecule has 6 nitrogen and oxygen atoms in total. The molecule has 4 rings (SSSR count). The molecule has 0 aromatic heterocycles. The van der Waals surface area contributed by atoms with Crippen molar-refractivity contribution in [3.05, 3.63) is 87.9 Å². The second-order valence-corrected chi connectivity index (χ2v) is 9.89. The third-order valence-electron chi connectivity index (χ3n) is 5.78. The normalized spacial score (nSPS) is 16.7. The standard InChI is InChI=1S/C27H24ClF2NO5/c1-26(2,3)36-25(34)31-14-27(15-7-5-4-6-8-15)13-17-20(35-27)12-10-18(28)21(17)22-16(24(32)33)9-11-19(29)23(22)30/h4-12H,13-14H2,1-3H3,(H,31,34)(H,32,33). The van der Waals surface area contributed by atoms with Crippen molar-refractivity contribution in [2.45, 2.75) is 38.4 Å². The molecule has 3 aromatic rings. The quantitative estimate of drug-likeness (QED) is 0.414. The van der Waals surface area contributed by atoms with E-state index in [0.29, 0.717) is 16.9 Å². The van der Waals surface area contributed by atoms with Gasteiger partial charge in [-0.15, -0.1) is 0 Å². The lowest BCUT2D eigenvalue weighted by Gasteiger charge is -2.30. The molecule has 0 fully saturated rings. The molecule has 1 heterocycles. The number of rotatable bonds is 5. The molecule has 0 bridgehead atoms. The number of alkyl carbamates (subject to hydrolysis) is 1. The van der Waals surface area contributed by atoms with Gasteiger partial charge in [-0.3, -0.25) is 0 Å². The van der Waals surface area contributed by atoms with E-state index in [2.05, 4.69) is 5.32 Å². The van der Waals surface area contributed by atoms with Gasteiger partial charge in [0.05, 0.1) is 12.1 Å². The first kappa shape index (κ1) is 25.4. The van der Waals surface area contributed by atoms with E-state index in [1.165, 1.54) is 6.07 Å². The molecule has 188 valence electrons. The number of carboxylic acids is 1. The number of aromatic carboxylic acids is 1. The van der Waals surface area contributed by atoms with Crippen molar-refractivity contribution in [1.82, 2.24) is 5.32 Å². The molecule has 0 radical (unpaired) electrons. The fourth-order valence-corrected chi connectivity index (χ4v) is 4.55. The van der Waals surface area contributed by atoms with Crippen molar-refractivity contribution in [2.24, 2.45) is 0 Å². The molecule has 9 heteroatoms. The average molecular weight is 516 g/mol. The van der Waals surface area contributed by atoms with E-state index in [1.54, 1.807) is 39.0 Å². The Morgan fingerprint density at radius 2 is 1.78 bits per heavy atom. The molecule has 3 aromatic carbocycles. The minimum absolute atomic E-state index is 0.0188. The number of carboxylic acid groups (broad SMARTS) is 1. The zero-order valence-electron chi connectivity index (χ0n) is 19.8. The summed E-state index contributed by atoms with van der Waals surface area (Å²) in [6.45, 7) is 5.20. The van der Waals surface area contributed by atoms with Crippen LogP contribution in [0.5, 0.6) is 5.75 Å². The van der Waals surface area contributed by atoms with Crippen LogP contribution >= 0.6 is 11.6 Å².